The number of urea groups is 1. The van der Waals surface area contributed by atoms with Crippen molar-refractivity contribution in [3.8, 4) is 0 Å². The number of Topliss-reactive ketones (excluding diaryl/α,β-unsaturated/α-hetero) is 1. The summed E-state index contributed by atoms with van der Waals surface area (Å²) in [6, 6.07) is 9.99. The van der Waals surface area contributed by atoms with Crippen LogP contribution in [0.15, 0.2) is 42.5 Å². The number of carbonyl (C=O) groups excluding carboxylic acids is 2. The van der Waals surface area contributed by atoms with Crippen molar-refractivity contribution in [1.29, 1.82) is 0 Å². The number of benzene rings is 2. The Labute approximate surface area is 150 Å². The molecule has 0 atom stereocenters. The summed E-state index contributed by atoms with van der Waals surface area (Å²) in [5, 5.41) is 2.55. The maximum Gasteiger partial charge on any atom is 0.322 e. The topological polar surface area (TPSA) is 52.7 Å². The summed E-state index contributed by atoms with van der Waals surface area (Å²) in [5.41, 5.74) is 0.865. The molecule has 136 valence electrons. The van der Waals surface area contributed by atoms with Gasteiger partial charge in [0.05, 0.1) is 11.4 Å². The zero-order chi connectivity index (χ0) is 18.7. The van der Waals surface area contributed by atoms with Gasteiger partial charge < -0.3 is 15.1 Å². The van der Waals surface area contributed by atoms with Gasteiger partial charge >= 0.3 is 6.03 Å². The summed E-state index contributed by atoms with van der Waals surface area (Å²) < 4.78 is 27.9. The van der Waals surface area contributed by atoms with E-state index >= 15 is 0 Å². The summed E-state index contributed by atoms with van der Waals surface area (Å²) >= 11 is 0. The number of piperazine rings is 1. The first-order chi connectivity index (χ1) is 12.5. The summed E-state index contributed by atoms with van der Waals surface area (Å²) in [6.45, 7) is 3.05. The highest BCUT2D eigenvalue weighted by Gasteiger charge is 2.23. The van der Waals surface area contributed by atoms with Crippen LogP contribution in [0.4, 0.5) is 25.0 Å². The molecule has 1 N–H and O–H groups in total. The molecule has 0 aliphatic carbocycles. The summed E-state index contributed by atoms with van der Waals surface area (Å²) in [7, 11) is 0. The fraction of sp³-hybridized carbons (Fsp3) is 0.263. The van der Waals surface area contributed by atoms with E-state index in [2.05, 4.69) is 5.32 Å². The minimum Gasteiger partial charge on any atom is -0.366 e. The monoisotopic (exact) mass is 359 g/mol. The van der Waals surface area contributed by atoms with Crippen molar-refractivity contribution < 1.29 is 18.4 Å². The molecular formula is C19H19F2N3O2. The van der Waals surface area contributed by atoms with Crippen molar-refractivity contribution >= 4 is 23.2 Å². The van der Waals surface area contributed by atoms with E-state index in [9.17, 15) is 18.4 Å². The predicted octanol–water partition coefficient (Wildman–Crippen LogP) is 3.52. The number of halogens is 2. The van der Waals surface area contributed by atoms with Gasteiger partial charge in [-0.25, -0.2) is 13.6 Å². The Kier molecular flexibility index (Phi) is 5.16. The number of hydrogen-bond acceptors (Lipinski definition) is 3. The molecule has 1 saturated heterocycles. The molecule has 0 saturated carbocycles. The number of anilines is 2. The third-order valence-electron chi connectivity index (χ3n) is 4.38. The summed E-state index contributed by atoms with van der Waals surface area (Å²) in [5.74, 6) is -1.14. The van der Waals surface area contributed by atoms with Crippen LogP contribution in [0.3, 0.4) is 0 Å². The zero-order valence-electron chi connectivity index (χ0n) is 14.3. The number of hydrogen-bond donors (Lipinski definition) is 1. The van der Waals surface area contributed by atoms with Crippen LogP contribution >= 0.6 is 0 Å². The molecule has 2 aromatic carbocycles. The van der Waals surface area contributed by atoms with Gasteiger partial charge in [-0.1, -0.05) is 12.1 Å². The molecule has 2 aromatic rings. The van der Waals surface area contributed by atoms with Crippen LogP contribution < -0.4 is 10.2 Å². The molecule has 1 aliphatic rings. The minimum absolute atomic E-state index is 0.130. The lowest BCUT2D eigenvalue weighted by atomic mass is 10.1. The Morgan fingerprint density at radius 1 is 0.962 bits per heavy atom. The number of carbonyl (C=O) groups is 2. The van der Waals surface area contributed by atoms with Gasteiger partial charge in [0.2, 0.25) is 0 Å². The van der Waals surface area contributed by atoms with Gasteiger partial charge in [-0.05, 0) is 37.3 Å². The first-order valence-electron chi connectivity index (χ1n) is 8.31. The molecular weight excluding hydrogens is 340 g/mol. The number of ketones is 1. The molecule has 1 aliphatic heterocycles. The Hall–Kier alpha value is -2.96. The van der Waals surface area contributed by atoms with Crippen molar-refractivity contribution in [2.24, 2.45) is 0 Å². The molecule has 0 spiro atoms. The van der Waals surface area contributed by atoms with E-state index in [1.807, 2.05) is 4.90 Å². The van der Waals surface area contributed by atoms with E-state index in [0.717, 1.165) is 0 Å². The highest BCUT2D eigenvalue weighted by molar-refractivity contribution is 5.94. The van der Waals surface area contributed by atoms with E-state index in [1.165, 1.54) is 25.1 Å². The zero-order valence-corrected chi connectivity index (χ0v) is 14.3. The van der Waals surface area contributed by atoms with Gasteiger partial charge in [0.25, 0.3) is 0 Å². The van der Waals surface area contributed by atoms with Crippen LogP contribution in [-0.4, -0.2) is 42.9 Å². The molecule has 5 nitrogen and oxygen atoms in total. The fourth-order valence-corrected chi connectivity index (χ4v) is 2.89. The molecule has 2 amide bonds. The Bertz CT molecular complexity index is 833. The normalized spacial score (nSPS) is 14.3. The van der Waals surface area contributed by atoms with Gasteiger partial charge in [-0.2, -0.15) is 0 Å². The van der Waals surface area contributed by atoms with Crippen molar-refractivity contribution in [2.75, 3.05) is 36.4 Å². The Morgan fingerprint density at radius 3 is 2.27 bits per heavy atom. The number of para-hydroxylation sites is 1. The predicted molar refractivity (Wildman–Crippen MR) is 95.6 cm³/mol. The molecule has 3 rings (SSSR count). The molecule has 7 heteroatoms. The lowest BCUT2D eigenvalue weighted by Gasteiger charge is -2.36. The Morgan fingerprint density at radius 2 is 1.65 bits per heavy atom. The van der Waals surface area contributed by atoms with Crippen molar-refractivity contribution in [3.63, 3.8) is 0 Å². The molecule has 0 bridgehead atoms. The molecule has 1 fully saturated rings. The molecule has 1 heterocycles. The van der Waals surface area contributed by atoms with Gasteiger partial charge in [0.1, 0.15) is 11.6 Å². The van der Waals surface area contributed by atoms with Crippen LogP contribution in [-0.2, 0) is 0 Å². The summed E-state index contributed by atoms with van der Waals surface area (Å²) in [6.07, 6.45) is 0. The van der Waals surface area contributed by atoms with E-state index < -0.39 is 11.6 Å². The standard InChI is InChI=1S/C19H19F2N3O2/c1-13(25)14-6-7-18(16(21)12-14)23-8-10-24(11-9-23)19(26)22-17-5-3-2-4-15(17)20/h2-7,12H,8-11H2,1H3,(H,22,26). The minimum atomic E-state index is -0.493. The van der Waals surface area contributed by atoms with Crippen molar-refractivity contribution in [1.82, 2.24) is 4.90 Å². The van der Waals surface area contributed by atoms with Gasteiger partial charge in [-0.15, -0.1) is 0 Å². The molecule has 0 radical (unpaired) electrons. The van der Waals surface area contributed by atoms with E-state index in [4.69, 9.17) is 0 Å². The van der Waals surface area contributed by atoms with Gasteiger partial charge in [0, 0.05) is 31.7 Å². The first-order valence-corrected chi connectivity index (χ1v) is 8.31. The Balaban J connectivity index is 1.61. The fourth-order valence-electron chi connectivity index (χ4n) is 2.89. The maximum atomic E-state index is 14.3. The van der Waals surface area contributed by atoms with E-state index in [0.29, 0.717) is 37.4 Å². The van der Waals surface area contributed by atoms with E-state index in [1.54, 1.807) is 29.2 Å². The largest absolute Gasteiger partial charge is 0.366 e. The van der Waals surface area contributed by atoms with Crippen LogP contribution in [0, 0.1) is 11.6 Å². The summed E-state index contributed by atoms with van der Waals surface area (Å²) in [4.78, 5) is 27.0. The maximum absolute atomic E-state index is 14.3. The van der Waals surface area contributed by atoms with Crippen LogP contribution in [0.25, 0.3) is 0 Å². The third kappa shape index (κ3) is 3.82. The number of nitrogens with one attached hydrogen (secondary N) is 1. The van der Waals surface area contributed by atoms with Crippen LogP contribution in [0.1, 0.15) is 17.3 Å². The lowest BCUT2D eigenvalue weighted by molar-refractivity contribution is 0.101. The quantitative estimate of drug-likeness (QED) is 0.853. The number of amides is 2. The average Bonchev–Trinajstić information content (AvgIpc) is 2.63. The van der Waals surface area contributed by atoms with Crippen LogP contribution in [0.5, 0.6) is 0 Å². The smallest absolute Gasteiger partial charge is 0.322 e. The highest BCUT2D eigenvalue weighted by Crippen LogP contribution is 2.22. The van der Waals surface area contributed by atoms with E-state index in [-0.39, 0.29) is 17.5 Å². The average molecular weight is 359 g/mol. The van der Waals surface area contributed by atoms with Crippen molar-refractivity contribution in [3.05, 3.63) is 59.7 Å². The van der Waals surface area contributed by atoms with Crippen LogP contribution in [0.2, 0.25) is 0 Å². The molecule has 26 heavy (non-hydrogen) atoms. The van der Waals surface area contributed by atoms with Crippen molar-refractivity contribution in [2.45, 2.75) is 6.92 Å². The SMILES string of the molecule is CC(=O)c1ccc(N2CCN(C(=O)Nc3ccccc3F)CC2)c(F)c1. The first kappa shape index (κ1) is 17.8. The molecule has 0 aromatic heterocycles. The van der Waals surface area contributed by atoms with Gasteiger partial charge in [-0.3, -0.25) is 4.79 Å². The lowest BCUT2D eigenvalue weighted by Crippen LogP contribution is -2.50. The molecule has 0 unspecified atom stereocenters. The number of rotatable bonds is 3. The third-order valence-corrected chi connectivity index (χ3v) is 4.38. The second kappa shape index (κ2) is 7.51. The highest BCUT2D eigenvalue weighted by atomic mass is 19.1. The second-order valence-corrected chi connectivity index (χ2v) is 6.11. The second-order valence-electron chi connectivity index (χ2n) is 6.11. The van der Waals surface area contributed by atoms with Gasteiger partial charge in [0.15, 0.2) is 5.78 Å². The number of nitrogens with zero attached hydrogens (tertiary/aromatic N) is 2.